The molecule has 7 heteroatoms. The van der Waals surface area contributed by atoms with Crippen LogP contribution in [0.5, 0.6) is 5.75 Å². The van der Waals surface area contributed by atoms with Crippen LogP contribution in [0.2, 0.25) is 5.02 Å². The summed E-state index contributed by atoms with van der Waals surface area (Å²) >= 11 is 6.08. The van der Waals surface area contributed by atoms with Gasteiger partial charge in [0.2, 0.25) is 0 Å². The number of likely N-dealkylation sites (tertiary alicyclic amines) is 2. The number of ether oxygens (including phenoxy) is 2. The van der Waals surface area contributed by atoms with Crippen molar-refractivity contribution in [1.29, 1.82) is 0 Å². The van der Waals surface area contributed by atoms with Gasteiger partial charge in [-0.25, -0.2) is 4.39 Å². The van der Waals surface area contributed by atoms with E-state index in [2.05, 4.69) is 9.80 Å². The summed E-state index contributed by atoms with van der Waals surface area (Å²) in [4.78, 5) is 17.9. The van der Waals surface area contributed by atoms with E-state index in [0.717, 1.165) is 80.3 Å². The van der Waals surface area contributed by atoms with Crippen molar-refractivity contribution in [1.82, 2.24) is 9.80 Å². The first-order chi connectivity index (χ1) is 17.8. The minimum atomic E-state index is -0.756. The van der Waals surface area contributed by atoms with Gasteiger partial charge in [0.15, 0.2) is 0 Å². The van der Waals surface area contributed by atoms with Gasteiger partial charge < -0.3 is 14.4 Å². The molecule has 0 amide bonds. The van der Waals surface area contributed by atoms with Gasteiger partial charge >= 0.3 is 5.97 Å². The summed E-state index contributed by atoms with van der Waals surface area (Å²) < 4.78 is 25.2. The number of esters is 1. The second-order valence-electron chi connectivity index (χ2n) is 10.8. The Balaban J connectivity index is 1.27. The smallest absolute Gasteiger partial charge is 0.326 e. The van der Waals surface area contributed by atoms with Crippen LogP contribution in [0.1, 0.15) is 50.7 Å². The summed E-state index contributed by atoms with van der Waals surface area (Å²) in [5, 5.41) is 0.740. The lowest BCUT2D eigenvalue weighted by atomic mass is 9.86. The molecule has 2 aliphatic heterocycles. The number of piperidine rings is 2. The predicted octanol–water partition coefficient (Wildman–Crippen LogP) is 5.91. The van der Waals surface area contributed by atoms with Gasteiger partial charge in [0.05, 0.1) is 6.61 Å². The number of carbonyl (C=O) groups excluding carboxylic acids is 1. The Morgan fingerprint density at radius 1 is 1.05 bits per heavy atom. The Labute approximate surface area is 225 Å². The highest BCUT2D eigenvalue weighted by molar-refractivity contribution is 6.30. The van der Waals surface area contributed by atoms with Crippen LogP contribution >= 0.6 is 11.6 Å². The van der Waals surface area contributed by atoms with Gasteiger partial charge in [0.1, 0.15) is 23.2 Å². The van der Waals surface area contributed by atoms with Crippen LogP contribution in [-0.4, -0.2) is 66.7 Å². The maximum Gasteiger partial charge on any atom is 0.326 e. The first-order valence-corrected chi connectivity index (χ1v) is 14.0. The van der Waals surface area contributed by atoms with Crippen molar-refractivity contribution in [2.75, 3.05) is 39.3 Å². The molecule has 1 atom stereocenters. The fourth-order valence-electron chi connectivity index (χ4n) is 5.71. The van der Waals surface area contributed by atoms with E-state index < -0.39 is 5.54 Å². The lowest BCUT2D eigenvalue weighted by Crippen LogP contribution is -2.57. The number of hydrogen-bond donors (Lipinski definition) is 0. The van der Waals surface area contributed by atoms with E-state index in [0.29, 0.717) is 18.9 Å². The molecule has 37 heavy (non-hydrogen) atoms. The van der Waals surface area contributed by atoms with E-state index in [4.69, 9.17) is 21.1 Å². The molecule has 0 aliphatic carbocycles. The van der Waals surface area contributed by atoms with Gasteiger partial charge in [-0.2, -0.15) is 0 Å². The summed E-state index contributed by atoms with van der Waals surface area (Å²) in [6.07, 6.45) is 4.92. The molecular weight excluding hydrogens is 491 g/mol. The van der Waals surface area contributed by atoms with E-state index in [1.165, 1.54) is 12.1 Å². The molecule has 2 aromatic carbocycles. The van der Waals surface area contributed by atoms with Gasteiger partial charge in [-0.15, -0.1) is 0 Å². The molecule has 0 aromatic heterocycles. The minimum Gasteiger partial charge on any atom is -0.490 e. The van der Waals surface area contributed by atoms with Gasteiger partial charge in [-0.05, 0) is 107 Å². The zero-order chi connectivity index (χ0) is 26.4. The van der Waals surface area contributed by atoms with E-state index in [-0.39, 0.29) is 17.9 Å². The van der Waals surface area contributed by atoms with E-state index in [9.17, 15) is 9.18 Å². The van der Waals surface area contributed by atoms with Crippen LogP contribution < -0.4 is 4.74 Å². The highest BCUT2D eigenvalue weighted by Gasteiger charge is 2.42. The average Bonchev–Trinajstić information content (AvgIpc) is 2.89. The van der Waals surface area contributed by atoms with Crippen LogP contribution in [0.15, 0.2) is 42.5 Å². The molecule has 4 rings (SSSR count). The normalized spacial score (nSPS) is 19.9. The number of carbonyl (C=O) groups is 1. The topological polar surface area (TPSA) is 42.0 Å². The van der Waals surface area contributed by atoms with Crippen molar-refractivity contribution < 1.29 is 18.7 Å². The largest absolute Gasteiger partial charge is 0.490 e. The van der Waals surface area contributed by atoms with Crippen molar-refractivity contribution in [3.8, 4) is 5.75 Å². The predicted molar refractivity (Wildman–Crippen MR) is 146 cm³/mol. The number of hydrogen-bond acceptors (Lipinski definition) is 5. The highest BCUT2D eigenvalue weighted by atomic mass is 35.5. The first kappa shape index (κ1) is 27.9. The van der Waals surface area contributed by atoms with Gasteiger partial charge in [-0.3, -0.25) is 9.69 Å². The Kier molecular flexibility index (Phi) is 9.49. The van der Waals surface area contributed by atoms with Crippen LogP contribution in [0.25, 0.3) is 0 Å². The minimum absolute atomic E-state index is 0.198. The lowest BCUT2D eigenvalue weighted by Gasteiger charge is -2.44. The second-order valence-corrected chi connectivity index (χ2v) is 11.2. The third kappa shape index (κ3) is 7.24. The third-order valence-corrected chi connectivity index (χ3v) is 8.21. The van der Waals surface area contributed by atoms with Crippen molar-refractivity contribution in [3.05, 3.63) is 64.4 Å². The maximum atomic E-state index is 13.4. The summed E-state index contributed by atoms with van der Waals surface area (Å²) in [6.45, 7) is 11.1. The quantitative estimate of drug-likeness (QED) is 0.377. The molecule has 2 heterocycles. The fourth-order valence-corrected chi connectivity index (χ4v) is 5.93. The SMILES string of the molecule is CCOC(=O)[C@](C)(Cc1ccc(F)cc1)N1CCC(CN2CCC(Oc3ccc(Cl)cc3C)CC2)CC1. The number of aryl methyl sites for hydroxylation is 1. The number of benzene rings is 2. The Morgan fingerprint density at radius 3 is 2.35 bits per heavy atom. The second kappa shape index (κ2) is 12.6. The standard InChI is InChI=1S/C30H40ClFN2O3/c1-4-36-29(35)30(3,20-23-5-8-26(32)9-6-23)34-17-11-24(12-18-34)21-33-15-13-27(14-16-33)37-28-10-7-25(31)19-22(28)2/h5-10,19,24,27H,4,11-18,20-21H2,1-3H3/t30-/m0/s1. The molecule has 2 fully saturated rings. The Hall–Kier alpha value is -2.15. The molecule has 0 saturated carbocycles. The van der Waals surface area contributed by atoms with Crippen molar-refractivity contribution >= 4 is 17.6 Å². The number of nitrogens with zero attached hydrogens (tertiary/aromatic N) is 2. The molecule has 2 aliphatic rings. The summed E-state index contributed by atoms with van der Waals surface area (Å²) in [5.41, 5.74) is 1.27. The lowest BCUT2D eigenvalue weighted by molar-refractivity contribution is -0.158. The molecule has 0 spiro atoms. The molecule has 0 unspecified atom stereocenters. The van der Waals surface area contributed by atoms with Crippen LogP contribution in [0.4, 0.5) is 4.39 Å². The molecular formula is C30H40ClFN2O3. The first-order valence-electron chi connectivity index (χ1n) is 13.6. The Morgan fingerprint density at radius 2 is 1.73 bits per heavy atom. The van der Waals surface area contributed by atoms with Crippen LogP contribution in [0.3, 0.4) is 0 Å². The van der Waals surface area contributed by atoms with Crippen molar-refractivity contribution in [2.24, 2.45) is 5.92 Å². The molecule has 5 nitrogen and oxygen atoms in total. The molecule has 0 radical (unpaired) electrons. The van der Waals surface area contributed by atoms with Crippen molar-refractivity contribution in [3.63, 3.8) is 0 Å². The molecule has 0 bridgehead atoms. The van der Waals surface area contributed by atoms with E-state index >= 15 is 0 Å². The molecule has 202 valence electrons. The van der Waals surface area contributed by atoms with Gasteiger partial charge in [0, 0.05) is 31.1 Å². The third-order valence-electron chi connectivity index (χ3n) is 7.97. The summed E-state index contributed by atoms with van der Waals surface area (Å²) in [7, 11) is 0. The summed E-state index contributed by atoms with van der Waals surface area (Å²) in [5.74, 6) is 1.08. The zero-order valence-corrected chi connectivity index (χ0v) is 23.1. The number of halogens is 2. The zero-order valence-electron chi connectivity index (χ0n) is 22.3. The number of rotatable bonds is 9. The van der Waals surface area contributed by atoms with Crippen molar-refractivity contribution in [2.45, 2.75) is 64.5 Å². The van der Waals surface area contributed by atoms with Gasteiger partial charge in [-0.1, -0.05) is 23.7 Å². The van der Waals surface area contributed by atoms with E-state index in [1.807, 2.05) is 39.0 Å². The summed E-state index contributed by atoms with van der Waals surface area (Å²) in [6, 6.07) is 12.2. The fraction of sp³-hybridized carbons (Fsp3) is 0.567. The molecule has 0 N–H and O–H groups in total. The highest BCUT2D eigenvalue weighted by Crippen LogP contribution is 2.30. The maximum absolute atomic E-state index is 13.4. The van der Waals surface area contributed by atoms with Crippen LogP contribution in [0, 0.1) is 18.7 Å². The van der Waals surface area contributed by atoms with E-state index in [1.54, 1.807) is 12.1 Å². The van der Waals surface area contributed by atoms with Gasteiger partial charge in [0.25, 0.3) is 0 Å². The van der Waals surface area contributed by atoms with Crippen LogP contribution in [-0.2, 0) is 16.0 Å². The molecule has 2 aromatic rings. The monoisotopic (exact) mass is 530 g/mol. The molecule has 2 saturated heterocycles. The Bertz CT molecular complexity index is 1030. The average molecular weight is 531 g/mol.